The summed E-state index contributed by atoms with van der Waals surface area (Å²) in [7, 11) is 0. The maximum absolute atomic E-state index is 12.8. The van der Waals surface area contributed by atoms with Crippen LogP contribution in [0.15, 0.2) is 71.5 Å². The van der Waals surface area contributed by atoms with Crippen LogP contribution in [0.2, 0.25) is 0 Å². The molecule has 0 spiro atoms. The van der Waals surface area contributed by atoms with Crippen molar-refractivity contribution in [3.8, 4) is 16.9 Å². The summed E-state index contributed by atoms with van der Waals surface area (Å²) in [6.07, 6.45) is 2.43. The maximum atomic E-state index is 12.8. The predicted molar refractivity (Wildman–Crippen MR) is 118 cm³/mol. The van der Waals surface area contributed by atoms with Crippen LogP contribution in [0.3, 0.4) is 0 Å². The largest absolute Gasteiger partial charge is 0.377 e. The third kappa shape index (κ3) is 3.67. The Morgan fingerprint density at radius 1 is 1.10 bits per heavy atom. The number of nitrogens with zero attached hydrogens (tertiary/aromatic N) is 2. The van der Waals surface area contributed by atoms with E-state index >= 15 is 0 Å². The van der Waals surface area contributed by atoms with Crippen molar-refractivity contribution in [3.63, 3.8) is 0 Å². The summed E-state index contributed by atoms with van der Waals surface area (Å²) < 4.78 is 7.47. The van der Waals surface area contributed by atoms with Crippen molar-refractivity contribution >= 4 is 11.0 Å². The molecule has 0 amide bonds. The van der Waals surface area contributed by atoms with E-state index in [4.69, 9.17) is 9.84 Å². The minimum atomic E-state index is -0.0981. The van der Waals surface area contributed by atoms with E-state index in [9.17, 15) is 4.79 Å². The Balaban J connectivity index is 1.56. The van der Waals surface area contributed by atoms with Gasteiger partial charge in [-0.3, -0.25) is 4.79 Å². The molecule has 0 aliphatic carbocycles. The topological polar surface area (TPSA) is 71.9 Å². The summed E-state index contributed by atoms with van der Waals surface area (Å²) in [6, 6.07) is 21.9. The van der Waals surface area contributed by atoms with E-state index in [0.717, 1.165) is 48.3 Å². The summed E-state index contributed by atoms with van der Waals surface area (Å²) >= 11 is 0. The maximum Gasteiger partial charge on any atom is 0.254 e. The third-order valence-corrected chi connectivity index (χ3v) is 5.52. The van der Waals surface area contributed by atoms with Gasteiger partial charge >= 0.3 is 0 Å². The van der Waals surface area contributed by atoms with Crippen LogP contribution < -0.4 is 10.9 Å². The quantitative estimate of drug-likeness (QED) is 0.518. The number of pyridine rings is 1. The fourth-order valence-electron chi connectivity index (χ4n) is 3.98. The van der Waals surface area contributed by atoms with Crippen molar-refractivity contribution in [2.45, 2.75) is 25.5 Å². The lowest BCUT2D eigenvalue weighted by Crippen LogP contribution is -2.28. The van der Waals surface area contributed by atoms with E-state index in [2.05, 4.69) is 10.3 Å². The molecule has 152 valence electrons. The Labute approximate surface area is 174 Å². The van der Waals surface area contributed by atoms with Gasteiger partial charge in [0.25, 0.3) is 5.56 Å². The van der Waals surface area contributed by atoms with Crippen molar-refractivity contribution in [1.29, 1.82) is 0 Å². The molecule has 2 aromatic carbocycles. The van der Waals surface area contributed by atoms with Crippen LogP contribution in [-0.4, -0.2) is 34.0 Å². The number of para-hydroxylation sites is 1. The molecule has 1 aliphatic heterocycles. The molecule has 1 saturated heterocycles. The van der Waals surface area contributed by atoms with Gasteiger partial charge in [-0.25, -0.2) is 4.68 Å². The van der Waals surface area contributed by atoms with E-state index in [1.807, 2.05) is 71.4 Å². The molecule has 1 aliphatic rings. The third-order valence-electron chi connectivity index (χ3n) is 5.52. The molecule has 6 heteroatoms. The second-order valence-corrected chi connectivity index (χ2v) is 7.61. The highest BCUT2D eigenvalue weighted by Gasteiger charge is 2.18. The van der Waals surface area contributed by atoms with E-state index in [-0.39, 0.29) is 11.7 Å². The first kappa shape index (κ1) is 18.8. The number of ether oxygens (including phenoxy) is 1. The molecule has 0 saturated carbocycles. The zero-order valence-corrected chi connectivity index (χ0v) is 16.7. The molecule has 0 bridgehead atoms. The van der Waals surface area contributed by atoms with Gasteiger partial charge in [0.2, 0.25) is 0 Å². The van der Waals surface area contributed by atoms with Gasteiger partial charge in [0.1, 0.15) is 11.3 Å². The molecule has 0 radical (unpaired) electrons. The second kappa shape index (κ2) is 8.26. The van der Waals surface area contributed by atoms with Gasteiger partial charge in [-0.15, -0.1) is 0 Å². The Bertz CT molecular complexity index is 1190. The molecule has 1 unspecified atom stereocenters. The fraction of sp³-hybridized carbons (Fsp3) is 0.250. The number of nitrogens with one attached hydrogen (secondary N) is 2. The zero-order chi connectivity index (χ0) is 20.3. The van der Waals surface area contributed by atoms with Crippen LogP contribution in [0.1, 0.15) is 18.4 Å². The highest BCUT2D eigenvalue weighted by Crippen LogP contribution is 2.28. The first-order valence-corrected chi connectivity index (χ1v) is 10.4. The summed E-state index contributed by atoms with van der Waals surface area (Å²) in [6.45, 7) is 2.08. The molecule has 6 nitrogen and oxygen atoms in total. The van der Waals surface area contributed by atoms with Gasteiger partial charge < -0.3 is 15.0 Å². The monoisotopic (exact) mass is 400 g/mol. The first-order valence-electron chi connectivity index (χ1n) is 10.4. The van der Waals surface area contributed by atoms with Gasteiger partial charge in [0, 0.05) is 36.2 Å². The molecule has 2 N–H and O–H groups in total. The average Bonchev–Trinajstić information content (AvgIpc) is 3.43. The molecule has 3 heterocycles. The van der Waals surface area contributed by atoms with Crippen molar-refractivity contribution < 1.29 is 4.74 Å². The number of hydrogen-bond donors (Lipinski definition) is 2. The van der Waals surface area contributed by atoms with Crippen LogP contribution in [-0.2, 0) is 11.3 Å². The highest BCUT2D eigenvalue weighted by molar-refractivity contribution is 5.92. The lowest BCUT2D eigenvalue weighted by Gasteiger charge is -2.10. The van der Waals surface area contributed by atoms with Crippen LogP contribution in [0.25, 0.3) is 28.0 Å². The van der Waals surface area contributed by atoms with E-state index < -0.39 is 0 Å². The summed E-state index contributed by atoms with van der Waals surface area (Å²) in [5, 5.41) is 9.17. The molecule has 4 aromatic rings. The number of fused-ring (bicyclic) bond motifs is 1. The van der Waals surface area contributed by atoms with Gasteiger partial charge in [-0.05, 0) is 31.0 Å². The average molecular weight is 400 g/mol. The Hall–Kier alpha value is -3.22. The van der Waals surface area contributed by atoms with Crippen molar-refractivity contribution in [2.24, 2.45) is 0 Å². The number of hydrogen-bond acceptors (Lipinski definition) is 4. The Kier molecular flexibility index (Phi) is 5.17. The van der Waals surface area contributed by atoms with E-state index in [1.165, 1.54) is 0 Å². The lowest BCUT2D eigenvalue weighted by molar-refractivity contribution is 0.110. The first-order chi connectivity index (χ1) is 14.8. The molecule has 30 heavy (non-hydrogen) atoms. The number of rotatable bonds is 6. The Morgan fingerprint density at radius 3 is 2.60 bits per heavy atom. The van der Waals surface area contributed by atoms with Crippen molar-refractivity contribution in [2.75, 3.05) is 13.2 Å². The number of H-pyrrole nitrogens is 1. The van der Waals surface area contributed by atoms with Crippen LogP contribution in [0.5, 0.6) is 0 Å². The lowest BCUT2D eigenvalue weighted by atomic mass is 10.1. The molecular formula is C24H24N4O2. The highest BCUT2D eigenvalue weighted by atomic mass is 16.5. The van der Waals surface area contributed by atoms with E-state index in [0.29, 0.717) is 17.8 Å². The SMILES string of the molecule is O=c1[nH]c2c(cc1CNCC1CCCO1)c(-c1ccccc1)nn2-c1ccccc1. The molecule has 5 rings (SSSR count). The van der Waals surface area contributed by atoms with Gasteiger partial charge in [-0.2, -0.15) is 5.10 Å². The number of aromatic nitrogens is 3. The minimum Gasteiger partial charge on any atom is -0.377 e. The smallest absolute Gasteiger partial charge is 0.254 e. The van der Waals surface area contributed by atoms with Crippen molar-refractivity contribution in [1.82, 2.24) is 20.1 Å². The molecular weight excluding hydrogens is 376 g/mol. The van der Waals surface area contributed by atoms with E-state index in [1.54, 1.807) is 0 Å². The summed E-state index contributed by atoms with van der Waals surface area (Å²) in [4.78, 5) is 15.9. The second-order valence-electron chi connectivity index (χ2n) is 7.61. The fourth-order valence-corrected chi connectivity index (χ4v) is 3.98. The zero-order valence-electron chi connectivity index (χ0n) is 16.7. The predicted octanol–water partition coefficient (Wildman–Crippen LogP) is 3.65. The van der Waals surface area contributed by atoms with Gasteiger partial charge in [0.05, 0.1) is 11.8 Å². The normalized spacial score (nSPS) is 16.3. The minimum absolute atomic E-state index is 0.0981. The standard InChI is InChI=1S/C24H24N4O2/c29-24-18(15-25-16-20-12-7-13-30-20)14-21-22(17-8-3-1-4-9-17)27-28(23(21)26-24)19-10-5-2-6-11-19/h1-6,8-11,14,20,25H,7,12-13,15-16H2,(H,26,29). The van der Waals surface area contributed by atoms with Crippen molar-refractivity contribution in [3.05, 3.63) is 82.6 Å². The number of aromatic amines is 1. The molecule has 1 fully saturated rings. The Morgan fingerprint density at radius 2 is 1.87 bits per heavy atom. The summed E-state index contributed by atoms with van der Waals surface area (Å²) in [5.41, 5.74) is 4.08. The molecule has 2 aromatic heterocycles. The van der Waals surface area contributed by atoms with Crippen LogP contribution >= 0.6 is 0 Å². The molecule has 1 atom stereocenters. The van der Waals surface area contributed by atoms with Crippen LogP contribution in [0.4, 0.5) is 0 Å². The summed E-state index contributed by atoms with van der Waals surface area (Å²) in [5.74, 6) is 0. The number of benzene rings is 2. The van der Waals surface area contributed by atoms with Crippen LogP contribution in [0, 0.1) is 0 Å². The van der Waals surface area contributed by atoms with Gasteiger partial charge in [0.15, 0.2) is 0 Å². The van der Waals surface area contributed by atoms with Gasteiger partial charge in [-0.1, -0.05) is 48.5 Å².